The lowest BCUT2D eigenvalue weighted by molar-refractivity contribution is -0.223. The summed E-state index contributed by atoms with van der Waals surface area (Å²) in [4.78, 5) is 11.8. The molecule has 2 aliphatic carbocycles. The van der Waals surface area contributed by atoms with Gasteiger partial charge in [-0.3, -0.25) is 4.79 Å². The van der Waals surface area contributed by atoms with Gasteiger partial charge in [-0.25, -0.2) is 0 Å². The number of hydrogen-bond acceptors (Lipinski definition) is 5. The second-order valence-electron chi connectivity index (χ2n) is 8.93. The maximum absolute atomic E-state index is 11.8. The van der Waals surface area contributed by atoms with Gasteiger partial charge >= 0.3 is 5.97 Å². The summed E-state index contributed by atoms with van der Waals surface area (Å²) in [5.74, 6) is 0.0299. The molecule has 0 bridgehead atoms. The van der Waals surface area contributed by atoms with Crippen LogP contribution in [0.25, 0.3) is 0 Å². The van der Waals surface area contributed by atoms with Crippen LogP contribution < -0.4 is 0 Å². The third-order valence-corrected chi connectivity index (χ3v) is 7.78. The Kier molecular flexibility index (Phi) is 4.51. The number of furan rings is 1. The summed E-state index contributed by atoms with van der Waals surface area (Å²) >= 11 is 0. The topological polar surface area (TPSA) is 68.9 Å². The Morgan fingerprint density at radius 2 is 2.15 bits per heavy atom. The summed E-state index contributed by atoms with van der Waals surface area (Å²) in [6.07, 6.45) is 7.86. The molecule has 5 heteroatoms. The molecule has 3 aliphatic rings. The normalized spacial score (nSPS) is 44.0. The van der Waals surface area contributed by atoms with Gasteiger partial charge in [-0.05, 0) is 50.0 Å². The smallest absolute Gasteiger partial charge is 0.302 e. The third kappa shape index (κ3) is 2.70. The molecule has 0 aromatic carbocycles. The second kappa shape index (κ2) is 6.49. The highest BCUT2D eigenvalue weighted by molar-refractivity contribution is 5.66. The van der Waals surface area contributed by atoms with E-state index in [1.54, 1.807) is 12.5 Å². The van der Waals surface area contributed by atoms with Crippen LogP contribution in [-0.2, 0) is 14.3 Å². The Bertz CT molecular complexity index is 738. The van der Waals surface area contributed by atoms with Crippen LogP contribution in [0.5, 0.6) is 0 Å². The Hall–Kier alpha value is -1.59. The van der Waals surface area contributed by atoms with E-state index in [1.807, 2.05) is 6.07 Å². The van der Waals surface area contributed by atoms with E-state index in [0.717, 1.165) is 24.8 Å². The van der Waals surface area contributed by atoms with E-state index in [4.69, 9.17) is 13.9 Å². The highest BCUT2D eigenvalue weighted by Crippen LogP contribution is 2.67. The lowest BCUT2D eigenvalue weighted by Crippen LogP contribution is -2.60. The lowest BCUT2D eigenvalue weighted by Gasteiger charge is -2.60. The number of rotatable bonds is 2. The number of aliphatic hydroxyl groups excluding tert-OH is 1. The van der Waals surface area contributed by atoms with E-state index in [0.29, 0.717) is 6.42 Å². The van der Waals surface area contributed by atoms with Crippen LogP contribution in [0.2, 0.25) is 0 Å². The van der Waals surface area contributed by atoms with Gasteiger partial charge in [-0.2, -0.15) is 0 Å². The zero-order chi connectivity index (χ0) is 19.4. The molecule has 1 saturated heterocycles. The van der Waals surface area contributed by atoms with Crippen LogP contribution >= 0.6 is 0 Å². The fourth-order valence-corrected chi connectivity index (χ4v) is 6.21. The van der Waals surface area contributed by atoms with Crippen molar-refractivity contribution in [1.29, 1.82) is 0 Å². The molecule has 1 aromatic heterocycles. The molecule has 1 aliphatic heterocycles. The largest absolute Gasteiger partial charge is 0.472 e. The van der Waals surface area contributed by atoms with E-state index < -0.39 is 11.7 Å². The van der Waals surface area contributed by atoms with Crippen LogP contribution in [0.15, 0.2) is 34.7 Å². The van der Waals surface area contributed by atoms with Gasteiger partial charge in [-0.1, -0.05) is 25.5 Å². The van der Waals surface area contributed by atoms with E-state index in [1.165, 1.54) is 12.5 Å². The first-order valence-electron chi connectivity index (χ1n) is 9.99. The van der Waals surface area contributed by atoms with Crippen LogP contribution in [0.1, 0.15) is 65.0 Å². The molecule has 1 aromatic rings. The van der Waals surface area contributed by atoms with Gasteiger partial charge < -0.3 is 19.0 Å². The molecule has 0 radical (unpaired) electrons. The van der Waals surface area contributed by atoms with Crippen molar-refractivity contribution in [3.05, 3.63) is 35.8 Å². The lowest BCUT2D eigenvalue weighted by atomic mass is 9.45. The van der Waals surface area contributed by atoms with E-state index >= 15 is 0 Å². The molecular weight excluding hydrogens is 344 g/mol. The van der Waals surface area contributed by atoms with Crippen molar-refractivity contribution in [3.63, 3.8) is 0 Å². The van der Waals surface area contributed by atoms with Crippen molar-refractivity contribution in [2.75, 3.05) is 0 Å². The molecule has 1 N–H and O–H groups in total. The molecule has 148 valence electrons. The number of carbonyl (C=O) groups excluding carboxylic acids is 1. The molecule has 0 amide bonds. The van der Waals surface area contributed by atoms with Gasteiger partial charge in [0.2, 0.25) is 0 Å². The summed E-state index contributed by atoms with van der Waals surface area (Å²) < 4.78 is 17.1. The number of allylic oxidation sites excluding steroid dienone is 2. The first-order chi connectivity index (χ1) is 12.8. The summed E-state index contributed by atoms with van der Waals surface area (Å²) in [6, 6.07) is 1.90. The summed E-state index contributed by atoms with van der Waals surface area (Å²) in [5, 5.41) is 11.2. The Labute approximate surface area is 160 Å². The first-order valence-corrected chi connectivity index (χ1v) is 9.99. The minimum atomic E-state index is -0.888. The predicted octanol–water partition coefficient (Wildman–Crippen LogP) is 4.38. The van der Waals surface area contributed by atoms with Gasteiger partial charge in [0.05, 0.1) is 18.6 Å². The molecule has 0 unspecified atom stereocenters. The number of fused-ring (bicyclic) bond motifs is 2. The maximum atomic E-state index is 11.8. The van der Waals surface area contributed by atoms with Crippen LogP contribution in [0, 0.1) is 22.7 Å². The monoisotopic (exact) mass is 374 g/mol. The van der Waals surface area contributed by atoms with Gasteiger partial charge in [-0.15, -0.1) is 0 Å². The fraction of sp³-hybridized carbons (Fsp3) is 0.682. The minimum Gasteiger partial charge on any atom is -0.472 e. The number of carbonyl (C=O) groups is 1. The Morgan fingerprint density at radius 3 is 2.81 bits per heavy atom. The zero-order valence-corrected chi connectivity index (χ0v) is 16.6. The highest BCUT2D eigenvalue weighted by Gasteiger charge is 2.66. The number of esters is 1. The van der Waals surface area contributed by atoms with Crippen molar-refractivity contribution >= 4 is 5.97 Å². The average Bonchev–Trinajstić information content (AvgIpc) is 3.23. The van der Waals surface area contributed by atoms with Gasteiger partial charge in [0.15, 0.2) is 6.29 Å². The minimum absolute atomic E-state index is 0.0114. The Morgan fingerprint density at radius 1 is 1.37 bits per heavy atom. The summed E-state index contributed by atoms with van der Waals surface area (Å²) in [5.41, 5.74) is 1.73. The van der Waals surface area contributed by atoms with Crippen molar-refractivity contribution < 1.29 is 23.8 Å². The van der Waals surface area contributed by atoms with Crippen molar-refractivity contribution in [1.82, 2.24) is 0 Å². The van der Waals surface area contributed by atoms with Gasteiger partial charge in [0.25, 0.3) is 0 Å². The quantitative estimate of drug-likeness (QED) is 0.614. The van der Waals surface area contributed by atoms with Crippen molar-refractivity contribution in [3.8, 4) is 0 Å². The predicted molar refractivity (Wildman–Crippen MR) is 99.5 cm³/mol. The first kappa shape index (κ1) is 18.8. The average molecular weight is 374 g/mol. The fourth-order valence-electron chi connectivity index (χ4n) is 6.21. The Balaban J connectivity index is 1.78. The maximum Gasteiger partial charge on any atom is 0.302 e. The SMILES string of the molecule is CC(=O)O[C@@H]1C[C@@]2(C)C(C)=CCC[C@@H]2[C@]2(C[C@H](c3ccoc3)O[C@H]2O)[C@@H]1C. The molecule has 1 saturated carbocycles. The number of aliphatic hydroxyl groups is 1. The zero-order valence-electron chi connectivity index (χ0n) is 16.6. The van der Waals surface area contributed by atoms with E-state index in [9.17, 15) is 9.90 Å². The van der Waals surface area contributed by atoms with E-state index in [2.05, 4.69) is 26.8 Å². The summed E-state index contributed by atoms with van der Waals surface area (Å²) in [6.45, 7) is 8.03. The number of hydrogen-bond donors (Lipinski definition) is 1. The van der Waals surface area contributed by atoms with Crippen LogP contribution in [-0.4, -0.2) is 23.5 Å². The van der Waals surface area contributed by atoms with Crippen molar-refractivity contribution in [2.24, 2.45) is 22.7 Å². The molecule has 2 heterocycles. The van der Waals surface area contributed by atoms with E-state index in [-0.39, 0.29) is 35.4 Å². The van der Waals surface area contributed by atoms with Gasteiger partial charge in [0, 0.05) is 23.8 Å². The molecule has 7 atom stereocenters. The molecular formula is C22H30O5. The standard InChI is InChI=1S/C22H30O5/c1-13-6-5-7-19-21(13,4)10-17(26-15(3)23)14(2)22(19)11-18(27-20(22)24)16-8-9-25-12-16/h6,8-9,12,14,17-20,24H,5,7,10-11H2,1-4H3/t14-,17-,18-,19+,20-,21+,22+/m1/s1. The molecule has 2 fully saturated rings. The summed E-state index contributed by atoms with van der Waals surface area (Å²) in [7, 11) is 0. The second-order valence-corrected chi connectivity index (χ2v) is 8.93. The van der Waals surface area contributed by atoms with Crippen LogP contribution in [0.3, 0.4) is 0 Å². The molecule has 5 nitrogen and oxygen atoms in total. The van der Waals surface area contributed by atoms with Crippen LogP contribution in [0.4, 0.5) is 0 Å². The van der Waals surface area contributed by atoms with Crippen molar-refractivity contribution in [2.45, 2.75) is 71.9 Å². The number of ether oxygens (including phenoxy) is 2. The van der Waals surface area contributed by atoms with Gasteiger partial charge in [0.1, 0.15) is 6.10 Å². The molecule has 1 spiro atoms. The molecule has 27 heavy (non-hydrogen) atoms. The molecule has 4 rings (SSSR count). The highest BCUT2D eigenvalue weighted by atomic mass is 16.6. The third-order valence-electron chi connectivity index (χ3n) is 7.78.